The number of hydrogen-bond donors (Lipinski definition) is 1. The topological polar surface area (TPSA) is 75.1 Å². The van der Waals surface area contributed by atoms with Crippen LogP contribution in [0.1, 0.15) is 107 Å². The maximum Gasteiger partial charge on any atom is 0.340 e. The molecule has 1 unspecified atom stereocenters. The second-order valence-corrected chi connectivity index (χ2v) is 15.7. The number of piperidine rings is 1. The first-order chi connectivity index (χ1) is 22.5. The molecule has 260 valence electrons. The molecular formula is C40H54FN3O4. The molecule has 2 aliphatic heterocycles. The molecule has 0 amide bonds. The van der Waals surface area contributed by atoms with Gasteiger partial charge < -0.3 is 19.5 Å². The number of benzene rings is 2. The van der Waals surface area contributed by atoms with Crippen LogP contribution in [0.15, 0.2) is 36.4 Å². The van der Waals surface area contributed by atoms with Crippen molar-refractivity contribution in [2.45, 2.75) is 119 Å². The average molecular weight is 660 g/mol. The number of fused-ring (bicyclic) bond motifs is 1. The highest BCUT2D eigenvalue weighted by molar-refractivity contribution is 5.89. The molecule has 5 rings (SSSR count). The van der Waals surface area contributed by atoms with Crippen LogP contribution in [0.2, 0.25) is 0 Å². The number of carbonyl (C=O) groups excluding carboxylic acids is 1. The number of hydrogen-bond acceptors (Lipinski definition) is 7. The van der Waals surface area contributed by atoms with Crippen LogP contribution in [0.25, 0.3) is 11.1 Å². The van der Waals surface area contributed by atoms with E-state index < -0.39 is 17.7 Å². The van der Waals surface area contributed by atoms with Crippen LogP contribution in [0.5, 0.6) is 0 Å². The molecule has 1 aromatic heterocycles. The van der Waals surface area contributed by atoms with Gasteiger partial charge in [0.25, 0.3) is 0 Å². The number of esters is 1. The number of carbonyl (C=O) groups is 1. The van der Waals surface area contributed by atoms with Crippen LogP contribution >= 0.6 is 0 Å². The molecule has 0 radical (unpaired) electrons. The number of ether oxygens (including phenoxy) is 2. The summed E-state index contributed by atoms with van der Waals surface area (Å²) in [6, 6.07) is 11.6. The lowest BCUT2D eigenvalue weighted by atomic mass is 9.81. The van der Waals surface area contributed by atoms with E-state index in [2.05, 4.69) is 41.8 Å². The van der Waals surface area contributed by atoms with Crippen LogP contribution in [-0.2, 0) is 40.4 Å². The third-order valence-electron chi connectivity index (χ3n) is 9.64. The monoisotopic (exact) mass is 659 g/mol. The fourth-order valence-corrected chi connectivity index (χ4v) is 7.01. The minimum Gasteiger partial charge on any atom is -0.461 e. The van der Waals surface area contributed by atoms with Crippen molar-refractivity contribution in [3.63, 3.8) is 0 Å². The van der Waals surface area contributed by atoms with Gasteiger partial charge in [-0.25, -0.2) is 9.18 Å². The fraction of sp³-hybridized carbons (Fsp3) is 0.550. The lowest BCUT2D eigenvalue weighted by molar-refractivity contribution is -0.171. The fourth-order valence-electron chi connectivity index (χ4n) is 7.01. The summed E-state index contributed by atoms with van der Waals surface area (Å²) in [6.07, 6.45) is 1.57. The largest absolute Gasteiger partial charge is 0.461 e. The summed E-state index contributed by atoms with van der Waals surface area (Å²) in [5, 5.41) is 10.8. The van der Waals surface area contributed by atoms with E-state index in [1.807, 2.05) is 54.5 Å². The first-order valence-corrected chi connectivity index (χ1v) is 17.4. The average Bonchev–Trinajstić information content (AvgIpc) is 3.00. The van der Waals surface area contributed by atoms with Crippen molar-refractivity contribution in [1.29, 1.82) is 0 Å². The summed E-state index contributed by atoms with van der Waals surface area (Å²) in [4.78, 5) is 23.6. The number of aryl methyl sites for hydroxylation is 2. The molecule has 0 aliphatic carbocycles. The molecular weight excluding hydrogens is 605 g/mol. The van der Waals surface area contributed by atoms with Gasteiger partial charge in [-0.05, 0) is 113 Å². The molecule has 48 heavy (non-hydrogen) atoms. The lowest BCUT2D eigenvalue weighted by Gasteiger charge is -2.41. The zero-order valence-corrected chi connectivity index (χ0v) is 30.4. The van der Waals surface area contributed by atoms with Gasteiger partial charge in [0.05, 0.1) is 29.7 Å². The standard InChI is InChI=1S/C40H54FN3O4/c1-25(2)47-38(46)37(48-39(5,6)7)34-27(4)42-33(24-45)35(36(34)44-18-15-40(8,9)16-19-44)29-10-11-31-23-43(17-14-28(31)21-29)22-30-12-13-32(41)20-26(30)3/h10-13,20-21,25,37,45H,14-19,22-24H2,1-9H3. The summed E-state index contributed by atoms with van der Waals surface area (Å²) < 4.78 is 26.1. The van der Waals surface area contributed by atoms with Gasteiger partial charge in [0, 0.05) is 49.5 Å². The van der Waals surface area contributed by atoms with E-state index in [4.69, 9.17) is 14.5 Å². The van der Waals surface area contributed by atoms with Crippen LogP contribution in [0.3, 0.4) is 0 Å². The second-order valence-electron chi connectivity index (χ2n) is 15.7. The number of halogens is 1. The summed E-state index contributed by atoms with van der Waals surface area (Å²) >= 11 is 0. The Morgan fingerprint density at radius 1 is 1.04 bits per heavy atom. The Morgan fingerprint density at radius 3 is 2.38 bits per heavy atom. The van der Waals surface area contributed by atoms with Gasteiger partial charge in [0.15, 0.2) is 6.10 Å². The van der Waals surface area contributed by atoms with Crippen LogP contribution in [-0.4, -0.2) is 52.3 Å². The van der Waals surface area contributed by atoms with Crippen molar-refractivity contribution >= 4 is 11.7 Å². The van der Waals surface area contributed by atoms with Gasteiger partial charge in [-0.2, -0.15) is 0 Å². The Balaban J connectivity index is 1.61. The molecule has 1 saturated heterocycles. The van der Waals surface area contributed by atoms with Gasteiger partial charge >= 0.3 is 5.97 Å². The number of anilines is 1. The van der Waals surface area contributed by atoms with Crippen molar-refractivity contribution in [3.05, 3.63) is 81.4 Å². The van der Waals surface area contributed by atoms with Crippen molar-refractivity contribution in [3.8, 4) is 11.1 Å². The number of aliphatic hydroxyl groups is 1. The molecule has 0 bridgehead atoms. The Kier molecular flexibility index (Phi) is 10.7. The number of nitrogens with zero attached hydrogens (tertiary/aromatic N) is 3. The van der Waals surface area contributed by atoms with Crippen LogP contribution in [0.4, 0.5) is 10.1 Å². The summed E-state index contributed by atoms with van der Waals surface area (Å²) in [5.74, 6) is -0.641. The second kappa shape index (κ2) is 14.3. The quantitative estimate of drug-likeness (QED) is 0.234. The number of pyridine rings is 1. The van der Waals surface area contributed by atoms with Gasteiger partial charge in [-0.3, -0.25) is 9.88 Å². The van der Waals surface area contributed by atoms with E-state index in [0.717, 1.165) is 79.9 Å². The molecule has 1 atom stereocenters. The Morgan fingerprint density at radius 2 is 1.75 bits per heavy atom. The summed E-state index contributed by atoms with van der Waals surface area (Å²) in [6.45, 7) is 21.9. The molecule has 1 N–H and O–H groups in total. The van der Waals surface area contributed by atoms with Crippen molar-refractivity contribution in [1.82, 2.24) is 9.88 Å². The van der Waals surface area contributed by atoms with E-state index in [0.29, 0.717) is 17.0 Å². The van der Waals surface area contributed by atoms with Gasteiger partial charge in [0.2, 0.25) is 0 Å². The molecule has 0 spiro atoms. The molecule has 8 heteroatoms. The Labute approximate surface area is 286 Å². The van der Waals surface area contributed by atoms with Gasteiger partial charge in [-0.1, -0.05) is 38.1 Å². The molecule has 2 aromatic carbocycles. The number of aliphatic hydroxyl groups excluding tert-OH is 1. The maximum absolute atomic E-state index is 13.8. The van der Waals surface area contributed by atoms with Gasteiger partial charge in [0.1, 0.15) is 5.82 Å². The highest BCUT2D eigenvalue weighted by atomic mass is 19.1. The van der Waals surface area contributed by atoms with Crippen LogP contribution < -0.4 is 4.90 Å². The molecule has 1 fully saturated rings. The molecule has 2 aliphatic rings. The highest BCUT2D eigenvalue weighted by Gasteiger charge is 2.38. The number of rotatable bonds is 9. The van der Waals surface area contributed by atoms with E-state index >= 15 is 0 Å². The zero-order valence-electron chi connectivity index (χ0n) is 30.4. The normalized spacial score (nSPS) is 17.4. The highest BCUT2D eigenvalue weighted by Crippen LogP contribution is 2.46. The van der Waals surface area contributed by atoms with Gasteiger partial charge in [-0.15, -0.1) is 0 Å². The summed E-state index contributed by atoms with van der Waals surface area (Å²) in [5.41, 5.74) is 8.89. The molecule has 7 nitrogen and oxygen atoms in total. The first kappa shape index (κ1) is 36.0. The van der Waals surface area contributed by atoms with E-state index in [1.54, 1.807) is 6.07 Å². The predicted octanol–water partition coefficient (Wildman–Crippen LogP) is 7.99. The van der Waals surface area contributed by atoms with Crippen molar-refractivity contribution < 1.29 is 23.8 Å². The Hall–Kier alpha value is -3.33. The lowest BCUT2D eigenvalue weighted by Crippen LogP contribution is -2.39. The molecule has 3 heterocycles. The third kappa shape index (κ3) is 8.27. The minimum atomic E-state index is -0.988. The predicted molar refractivity (Wildman–Crippen MR) is 189 cm³/mol. The Bertz CT molecular complexity index is 1630. The first-order valence-electron chi connectivity index (χ1n) is 17.4. The minimum absolute atomic E-state index is 0.204. The smallest absolute Gasteiger partial charge is 0.340 e. The summed E-state index contributed by atoms with van der Waals surface area (Å²) in [7, 11) is 0. The maximum atomic E-state index is 13.8. The number of aromatic nitrogens is 1. The van der Waals surface area contributed by atoms with E-state index in [9.17, 15) is 14.3 Å². The van der Waals surface area contributed by atoms with E-state index in [-0.39, 0.29) is 23.9 Å². The molecule has 0 saturated carbocycles. The van der Waals surface area contributed by atoms with E-state index in [1.165, 1.54) is 17.2 Å². The van der Waals surface area contributed by atoms with Crippen molar-refractivity contribution in [2.24, 2.45) is 5.41 Å². The molecule has 3 aromatic rings. The van der Waals surface area contributed by atoms with Crippen molar-refractivity contribution in [2.75, 3.05) is 24.5 Å². The zero-order chi connectivity index (χ0) is 35.0. The van der Waals surface area contributed by atoms with Crippen LogP contribution in [0, 0.1) is 25.1 Å². The SMILES string of the molecule is Cc1cc(F)ccc1CN1CCc2cc(-c3c(CO)nc(C)c(C(OC(C)(C)C)C(=O)OC(C)C)c3N3CCC(C)(C)CC3)ccc2C1. The third-order valence-corrected chi connectivity index (χ3v) is 9.64.